The molecule has 1 aliphatic rings. The number of likely N-dealkylation sites (tertiary alicyclic amines) is 1. The number of primary amides is 1. The van der Waals surface area contributed by atoms with Gasteiger partial charge in [-0.2, -0.15) is 5.10 Å². The van der Waals surface area contributed by atoms with Crippen molar-refractivity contribution in [3.8, 4) is 34.4 Å². The molecule has 1 amide bonds. The predicted molar refractivity (Wildman–Crippen MR) is 115 cm³/mol. The van der Waals surface area contributed by atoms with E-state index in [0.29, 0.717) is 24.2 Å². The molecule has 0 bridgehead atoms. The first-order valence-electron chi connectivity index (χ1n) is 9.81. The monoisotopic (exact) mass is 417 g/mol. The molecule has 1 aliphatic heterocycles. The van der Waals surface area contributed by atoms with Crippen LogP contribution in [0.5, 0.6) is 0 Å². The molecule has 1 aromatic carbocycles. The molecule has 0 radical (unpaired) electrons. The lowest BCUT2D eigenvalue weighted by molar-refractivity contribution is -0.0633. The van der Waals surface area contributed by atoms with E-state index >= 15 is 0 Å². The zero-order valence-corrected chi connectivity index (χ0v) is 17.3. The van der Waals surface area contributed by atoms with Crippen molar-refractivity contribution in [1.29, 1.82) is 0 Å². The third-order valence-corrected chi connectivity index (χ3v) is 5.47. The summed E-state index contributed by atoms with van der Waals surface area (Å²) in [5.74, 6) is 5.15. The van der Waals surface area contributed by atoms with Crippen LogP contribution < -0.4 is 5.73 Å². The summed E-state index contributed by atoms with van der Waals surface area (Å²) in [6.45, 7) is 0.563. The van der Waals surface area contributed by atoms with Gasteiger partial charge in [0.1, 0.15) is 11.9 Å². The van der Waals surface area contributed by atoms with Crippen molar-refractivity contribution in [2.75, 3.05) is 13.6 Å². The Balaban J connectivity index is 1.73. The van der Waals surface area contributed by atoms with Gasteiger partial charge in [-0.05, 0) is 37.4 Å². The lowest BCUT2D eigenvalue weighted by Crippen LogP contribution is -2.42. The maximum absolute atomic E-state index is 11.9. The van der Waals surface area contributed by atoms with Crippen LogP contribution >= 0.6 is 0 Å². The third-order valence-electron chi connectivity index (χ3n) is 5.47. The zero-order valence-electron chi connectivity index (χ0n) is 17.3. The molecule has 2 atom stereocenters. The SMILES string of the molecule is CN1CC[C@@](O)(C#Cc2cccc(-c3cc(-c4ccnn4C)cc(C(N)=O)n3)c2)C1O. The van der Waals surface area contributed by atoms with E-state index in [1.54, 1.807) is 28.9 Å². The third kappa shape index (κ3) is 4.07. The summed E-state index contributed by atoms with van der Waals surface area (Å²) in [7, 11) is 3.55. The summed E-state index contributed by atoms with van der Waals surface area (Å²) < 4.78 is 1.70. The van der Waals surface area contributed by atoms with Crippen molar-refractivity contribution < 1.29 is 15.0 Å². The number of aliphatic hydroxyl groups excluding tert-OH is 1. The van der Waals surface area contributed by atoms with Gasteiger partial charge in [0.15, 0.2) is 5.60 Å². The van der Waals surface area contributed by atoms with Crippen LogP contribution in [-0.4, -0.2) is 61.2 Å². The summed E-state index contributed by atoms with van der Waals surface area (Å²) in [6, 6.07) is 12.7. The highest BCUT2D eigenvalue weighted by Gasteiger charge is 2.42. The van der Waals surface area contributed by atoms with E-state index in [2.05, 4.69) is 21.9 Å². The molecule has 3 heterocycles. The molecule has 8 nitrogen and oxygen atoms in total. The number of hydrogen-bond acceptors (Lipinski definition) is 6. The Morgan fingerprint density at radius 1 is 1.23 bits per heavy atom. The van der Waals surface area contributed by atoms with Gasteiger partial charge in [-0.1, -0.05) is 24.0 Å². The van der Waals surface area contributed by atoms with E-state index in [9.17, 15) is 15.0 Å². The van der Waals surface area contributed by atoms with E-state index in [0.717, 1.165) is 16.8 Å². The number of carbonyl (C=O) groups is 1. The highest BCUT2D eigenvalue weighted by atomic mass is 16.4. The molecule has 3 aromatic rings. The van der Waals surface area contributed by atoms with Crippen molar-refractivity contribution in [3.05, 3.63) is 59.9 Å². The van der Waals surface area contributed by atoms with E-state index < -0.39 is 17.7 Å². The number of rotatable bonds is 3. The smallest absolute Gasteiger partial charge is 0.267 e. The first-order chi connectivity index (χ1) is 14.8. The number of aliphatic hydroxyl groups is 2. The molecule has 31 heavy (non-hydrogen) atoms. The number of nitrogens with zero attached hydrogens (tertiary/aromatic N) is 4. The van der Waals surface area contributed by atoms with Gasteiger partial charge in [-0.15, -0.1) is 0 Å². The Morgan fingerprint density at radius 3 is 2.68 bits per heavy atom. The summed E-state index contributed by atoms with van der Waals surface area (Å²) in [4.78, 5) is 17.9. The highest BCUT2D eigenvalue weighted by Crippen LogP contribution is 2.27. The zero-order chi connectivity index (χ0) is 22.2. The highest BCUT2D eigenvalue weighted by molar-refractivity contribution is 5.93. The molecular formula is C23H23N5O3. The Hall–Kier alpha value is -3.51. The normalized spacial score (nSPS) is 21.0. The van der Waals surface area contributed by atoms with Crippen LogP contribution in [0, 0.1) is 11.8 Å². The van der Waals surface area contributed by atoms with Crippen LogP contribution in [-0.2, 0) is 7.05 Å². The summed E-state index contributed by atoms with van der Waals surface area (Å²) in [6.07, 6.45) is 1.02. The van der Waals surface area contributed by atoms with Gasteiger partial charge in [-0.3, -0.25) is 14.4 Å². The van der Waals surface area contributed by atoms with Crippen molar-refractivity contribution in [2.24, 2.45) is 12.8 Å². The van der Waals surface area contributed by atoms with Gasteiger partial charge in [0.05, 0.1) is 11.4 Å². The number of aryl methyl sites for hydroxylation is 1. The number of aromatic nitrogens is 3. The molecule has 1 unspecified atom stereocenters. The topological polar surface area (TPSA) is 118 Å². The summed E-state index contributed by atoms with van der Waals surface area (Å²) >= 11 is 0. The molecule has 4 rings (SSSR count). The number of nitrogens with two attached hydrogens (primary N) is 1. The fourth-order valence-corrected chi connectivity index (χ4v) is 3.64. The standard InChI is InChI=1S/C23H23N5O3/c1-27-11-9-23(31,22(27)30)8-6-15-4-3-5-16(12-15)18-13-17(14-19(26-18)21(24)29)20-7-10-25-28(20)2/h3-5,7,10,12-14,22,30-31H,9,11H2,1-2H3,(H2,24,29)/t22?,23-/m0/s1. The molecule has 4 N–H and O–H groups in total. The number of carbonyl (C=O) groups excluding carboxylic acids is 1. The predicted octanol–water partition coefficient (Wildman–Crippen LogP) is 0.984. The minimum Gasteiger partial charge on any atom is -0.374 e. The second kappa shape index (κ2) is 7.96. The molecule has 1 saturated heterocycles. The fourth-order valence-electron chi connectivity index (χ4n) is 3.64. The number of hydrogen-bond donors (Lipinski definition) is 3. The van der Waals surface area contributed by atoms with Gasteiger partial charge in [-0.25, -0.2) is 4.98 Å². The van der Waals surface area contributed by atoms with Gasteiger partial charge in [0.25, 0.3) is 5.91 Å². The largest absolute Gasteiger partial charge is 0.374 e. The molecule has 1 fully saturated rings. The maximum atomic E-state index is 11.9. The summed E-state index contributed by atoms with van der Waals surface area (Å²) in [5, 5.41) is 25.0. The van der Waals surface area contributed by atoms with Gasteiger partial charge in [0.2, 0.25) is 0 Å². The Bertz CT molecular complexity index is 1210. The second-order valence-electron chi connectivity index (χ2n) is 7.69. The first-order valence-corrected chi connectivity index (χ1v) is 9.81. The molecular weight excluding hydrogens is 394 g/mol. The van der Waals surface area contributed by atoms with Crippen LogP contribution in [0.3, 0.4) is 0 Å². The quantitative estimate of drug-likeness (QED) is 0.547. The van der Waals surface area contributed by atoms with Crippen LogP contribution in [0.25, 0.3) is 22.5 Å². The number of likely N-dealkylation sites (N-methyl/N-ethyl adjacent to an activating group) is 1. The number of amides is 1. The molecule has 0 aliphatic carbocycles. The van der Waals surface area contributed by atoms with E-state index in [-0.39, 0.29) is 5.69 Å². The Morgan fingerprint density at radius 2 is 2.03 bits per heavy atom. The van der Waals surface area contributed by atoms with Gasteiger partial charge < -0.3 is 15.9 Å². The van der Waals surface area contributed by atoms with Crippen molar-refractivity contribution in [2.45, 2.75) is 18.2 Å². The van der Waals surface area contributed by atoms with Crippen LogP contribution in [0.1, 0.15) is 22.5 Å². The fraction of sp³-hybridized carbons (Fsp3) is 0.261. The van der Waals surface area contributed by atoms with E-state index in [1.165, 1.54) is 0 Å². The number of benzene rings is 1. The average molecular weight is 417 g/mol. The first kappa shape index (κ1) is 20.8. The van der Waals surface area contributed by atoms with Crippen LogP contribution in [0.2, 0.25) is 0 Å². The molecule has 2 aromatic heterocycles. The minimum absolute atomic E-state index is 0.150. The van der Waals surface area contributed by atoms with Crippen molar-refractivity contribution >= 4 is 5.91 Å². The second-order valence-corrected chi connectivity index (χ2v) is 7.69. The molecule has 158 valence electrons. The minimum atomic E-state index is -1.47. The van der Waals surface area contributed by atoms with Gasteiger partial charge in [0, 0.05) is 42.9 Å². The van der Waals surface area contributed by atoms with Crippen molar-refractivity contribution in [1.82, 2.24) is 19.7 Å². The molecule has 0 spiro atoms. The lowest BCUT2D eigenvalue weighted by Gasteiger charge is -2.22. The van der Waals surface area contributed by atoms with E-state index in [1.807, 2.05) is 43.4 Å². The number of pyridine rings is 1. The van der Waals surface area contributed by atoms with Crippen molar-refractivity contribution in [3.63, 3.8) is 0 Å². The van der Waals surface area contributed by atoms with E-state index in [4.69, 9.17) is 5.73 Å². The van der Waals surface area contributed by atoms with Crippen LogP contribution in [0.4, 0.5) is 0 Å². The van der Waals surface area contributed by atoms with Gasteiger partial charge >= 0.3 is 0 Å². The lowest BCUT2D eigenvalue weighted by atomic mass is 10.0. The maximum Gasteiger partial charge on any atom is 0.267 e. The molecule has 0 saturated carbocycles. The average Bonchev–Trinajstić information content (AvgIpc) is 3.31. The van der Waals surface area contributed by atoms with Crippen LogP contribution in [0.15, 0.2) is 48.7 Å². The molecule has 8 heteroatoms. The Labute approximate surface area is 180 Å². The summed E-state index contributed by atoms with van der Waals surface area (Å²) in [5.41, 5.74) is 7.74. The Kier molecular flexibility index (Phi) is 5.33.